The van der Waals surface area contributed by atoms with Crippen molar-refractivity contribution in [3.63, 3.8) is 0 Å². The number of rotatable bonds is 6. The van der Waals surface area contributed by atoms with E-state index in [-0.39, 0.29) is 17.6 Å². The normalized spacial score (nSPS) is 16.7. The molecule has 0 bridgehead atoms. The maximum absolute atomic E-state index is 12.5. The summed E-state index contributed by atoms with van der Waals surface area (Å²) < 4.78 is 42.4. The van der Waals surface area contributed by atoms with Crippen LogP contribution in [0.3, 0.4) is 0 Å². The maximum Gasteiger partial charge on any atom is 0.573 e. The number of piperidine rings is 1. The number of alkyl halides is 3. The number of fused-ring (bicyclic) bond motifs is 1. The average molecular weight is 485 g/mol. The van der Waals surface area contributed by atoms with E-state index in [2.05, 4.69) is 19.7 Å². The van der Waals surface area contributed by atoms with E-state index in [0.29, 0.717) is 35.2 Å². The molecule has 2 aliphatic rings. The lowest BCUT2D eigenvalue weighted by Gasteiger charge is -2.31. The Morgan fingerprint density at radius 2 is 1.57 bits per heavy atom. The van der Waals surface area contributed by atoms with Gasteiger partial charge in [-0.3, -0.25) is 14.5 Å². The highest BCUT2D eigenvalue weighted by atomic mass is 19.4. The predicted molar refractivity (Wildman–Crippen MR) is 119 cm³/mol. The second-order valence-electron chi connectivity index (χ2n) is 8.56. The monoisotopic (exact) mass is 485 g/mol. The smallest absolute Gasteiger partial charge is 0.406 e. The van der Waals surface area contributed by atoms with E-state index in [9.17, 15) is 22.8 Å². The number of imide groups is 1. The van der Waals surface area contributed by atoms with Crippen LogP contribution in [0.2, 0.25) is 0 Å². The summed E-state index contributed by atoms with van der Waals surface area (Å²) in [6, 6.07) is 12.3. The first-order chi connectivity index (χ1) is 16.8. The minimum Gasteiger partial charge on any atom is -0.406 e. The lowest BCUT2D eigenvalue weighted by molar-refractivity contribution is -0.274. The zero-order chi connectivity index (χ0) is 24.6. The first-order valence-electron chi connectivity index (χ1n) is 11.3. The number of aromatic nitrogens is 3. The van der Waals surface area contributed by atoms with Gasteiger partial charge in [0.25, 0.3) is 11.8 Å². The molecule has 2 aromatic carbocycles. The van der Waals surface area contributed by atoms with Crippen LogP contribution in [0.15, 0.2) is 54.9 Å². The molecule has 35 heavy (non-hydrogen) atoms. The Morgan fingerprint density at radius 1 is 0.943 bits per heavy atom. The van der Waals surface area contributed by atoms with E-state index < -0.39 is 6.36 Å². The van der Waals surface area contributed by atoms with Crippen molar-refractivity contribution in [2.24, 2.45) is 5.92 Å². The van der Waals surface area contributed by atoms with E-state index in [4.69, 9.17) is 0 Å². The van der Waals surface area contributed by atoms with Crippen LogP contribution in [0.25, 0.3) is 5.69 Å². The number of carbonyl (C=O) groups excluding carboxylic acids is 2. The number of ether oxygens (including phenoxy) is 1. The van der Waals surface area contributed by atoms with E-state index in [1.807, 2.05) is 0 Å². The fourth-order valence-electron chi connectivity index (χ4n) is 4.50. The highest BCUT2D eigenvalue weighted by Gasteiger charge is 2.35. The Balaban J connectivity index is 1.13. The summed E-state index contributed by atoms with van der Waals surface area (Å²) in [6.45, 7) is 1.86. The molecule has 8 nitrogen and oxygen atoms in total. The zero-order valence-electron chi connectivity index (χ0n) is 18.6. The number of anilines is 1. The number of halogens is 3. The molecule has 1 saturated heterocycles. The molecular formula is C24H22F3N5O3. The summed E-state index contributed by atoms with van der Waals surface area (Å²) >= 11 is 0. The third kappa shape index (κ3) is 4.84. The van der Waals surface area contributed by atoms with Gasteiger partial charge in [0.05, 0.1) is 16.8 Å². The molecule has 1 aromatic heterocycles. The fraction of sp³-hybridized carbons (Fsp3) is 0.333. The van der Waals surface area contributed by atoms with Crippen molar-refractivity contribution in [3.05, 3.63) is 66.0 Å². The predicted octanol–water partition coefficient (Wildman–Crippen LogP) is 4.07. The fourth-order valence-corrected chi connectivity index (χ4v) is 4.50. The van der Waals surface area contributed by atoms with Crippen molar-refractivity contribution in [3.8, 4) is 11.4 Å². The van der Waals surface area contributed by atoms with Gasteiger partial charge in [0.1, 0.15) is 12.1 Å². The summed E-state index contributed by atoms with van der Waals surface area (Å²) in [5, 5.41) is 4.46. The minimum atomic E-state index is -4.74. The van der Waals surface area contributed by atoms with E-state index in [1.165, 1.54) is 40.2 Å². The first kappa shape index (κ1) is 22.9. The zero-order valence-corrected chi connectivity index (χ0v) is 18.6. The van der Waals surface area contributed by atoms with Gasteiger partial charge in [0.15, 0.2) is 0 Å². The molecule has 5 rings (SSSR count). The molecule has 3 aromatic rings. The van der Waals surface area contributed by atoms with Crippen molar-refractivity contribution < 1.29 is 27.5 Å². The molecule has 11 heteroatoms. The Hall–Kier alpha value is -3.89. The lowest BCUT2D eigenvalue weighted by atomic mass is 9.93. The van der Waals surface area contributed by atoms with Crippen LogP contribution >= 0.6 is 0 Å². The SMILES string of the molecule is O=C1c2ccccc2C(=O)N1CCC1CCN(c2ncn(-c3ccc(OC(F)(F)F)cc3)n2)CC1. The van der Waals surface area contributed by atoms with Crippen LogP contribution in [0.5, 0.6) is 5.75 Å². The van der Waals surface area contributed by atoms with Crippen LogP contribution in [-0.2, 0) is 0 Å². The second kappa shape index (κ2) is 9.05. The summed E-state index contributed by atoms with van der Waals surface area (Å²) in [5.41, 5.74) is 1.50. The summed E-state index contributed by atoms with van der Waals surface area (Å²) in [7, 11) is 0. The molecule has 0 unspecified atom stereocenters. The Bertz CT molecular complexity index is 1200. The molecule has 1 fully saturated rings. The quantitative estimate of drug-likeness (QED) is 0.490. The van der Waals surface area contributed by atoms with Crippen LogP contribution in [0.4, 0.5) is 19.1 Å². The second-order valence-corrected chi connectivity index (χ2v) is 8.56. The third-order valence-corrected chi connectivity index (χ3v) is 6.35. The number of amides is 2. The molecule has 0 radical (unpaired) electrons. The minimum absolute atomic E-state index is 0.226. The number of carbonyl (C=O) groups is 2. The summed E-state index contributed by atoms with van der Waals surface area (Å²) in [5.74, 6) is 0.162. The van der Waals surface area contributed by atoms with E-state index in [0.717, 1.165) is 32.4 Å². The maximum atomic E-state index is 12.5. The standard InChI is InChI=1S/C24H22F3N5O3/c25-24(26,27)35-18-7-5-17(6-8-18)32-15-28-23(29-32)30-12-9-16(10-13-30)11-14-31-21(33)19-3-1-2-4-20(19)22(31)34/h1-8,15-16H,9-14H2. The van der Waals surface area contributed by atoms with Gasteiger partial charge in [-0.05, 0) is 61.6 Å². The van der Waals surface area contributed by atoms with Gasteiger partial charge in [0, 0.05) is 19.6 Å². The molecule has 0 aliphatic carbocycles. The molecular weight excluding hydrogens is 463 g/mol. The summed E-state index contributed by atoms with van der Waals surface area (Å²) in [4.78, 5) is 32.8. The first-order valence-corrected chi connectivity index (χ1v) is 11.3. The van der Waals surface area contributed by atoms with Gasteiger partial charge < -0.3 is 9.64 Å². The van der Waals surface area contributed by atoms with Gasteiger partial charge >= 0.3 is 6.36 Å². The Kier molecular flexibility index (Phi) is 5.91. The van der Waals surface area contributed by atoms with Crippen LogP contribution in [0.1, 0.15) is 40.0 Å². The largest absolute Gasteiger partial charge is 0.573 e. The van der Waals surface area contributed by atoms with Crippen LogP contribution in [0, 0.1) is 5.92 Å². The van der Waals surface area contributed by atoms with Crippen LogP contribution in [-0.4, -0.2) is 57.5 Å². The molecule has 182 valence electrons. The Labute approximate surface area is 198 Å². The van der Waals surface area contributed by atoms with Crippen molar-refractivity contribution in [1.82, 2.24) is 19.7 Å². The molecule has 3 heterocycles. The average Bonchev–Trinajstić information content (AvgIpc) is 3.42. The van der Waals surface area contributed by atoms with Crippen molar-refractivity contribution >= 4 is 17.8 Å². The lowest BCUT2D eigenvalue weighted by Crippen LogP contribution is -2.37. The summed E-state index contributed by atoms with van der Waals surface area (Å²) in [6.07, 6.45) is -0.724. The molecule has 0 saturated carbocycles. The Morgan fingerprint density at radius 3 is 2.17 bits per heavy atom. The highest BCUT2D eigenvalue weighted by Crippen LogP contribution is 2.28. The molecule has 2 amide bonds. The third-order valence-electron chi connectivity index (χ3n) is 6.35. The van der Waals surface area contributed by atoms with Crippen molar-refractivity contribution in [2.75, 3.05) is 24.5 Å². The van der Waals surface area contributed by atoms with Gasteiger partial charge in [-0.2, -0.15) is 4.98 Å². The number of nitrogens with zero attached hydrogens (tertiary/aromatic N) is 5. The van der Waals surface area contributed by atoms with Gasteiger partial charge in [-0.1, -0.05) is 12.1 Å². The number of hydrogen-bond acceptors (Lipinski definition) is 6. The molecule has 2 aliphatic heterocycles. The molecule has 0 spiro atoms. The topological polar surface area (TPSA) is 80.6 Å². The van der Waals surface area contributed by atoms with E-state index >= 15 is 0 Å². The van der Waals surface area contributed by atoms with Crippen LogP contribution < -0.4 is 9.64 Å². The number of benzene rings is 2. The van der Waals surface area contributed by atoms with Gasteiger partial charge in [-0.25, -0.2) is 4.68 Å². The molecule has 0 N–H and O–H groups in total. The van der Waals surface area contributed by atoms with Crippen molar-refractivity contribution in [1.29, 1.82) is 0 Å². The van der Waals surface area contributed by atoms with E-state index in [1.54, 1.807) is 24.3 Å². The molecule has 0 atom stereocenters. The van der Waals surface area contributed by atoms with Gasteiger partial charge in [0.2, 0.25) is 5.95 Å². The highest BCUT2D eigenvalue weighted by molar-refractivity contribution is 6.21. The van der Waals surface area contributed by atoms with Crippen molar-refractivity contribution in [2.45, 2.75) is 25.6 Å². The van der Waals surface area contributed by atoms with Gasteiger partial charge in [-0.15, -0.1) is 18.3 Å². The number of hydrogen-bond donors (Lipinski definition) is 0.